The number of anilines is 3. The van der Waals surface area contributed by atoms with E-state index in [1.165, 1.54) is 0 Å². The molecular formula is C24H25N5O3. The number of primary amides is 1. The van der Waals surface area contributed by atoms with Crippen molar-refractivity contribution in [1.29, 1.82) is 0 Å². The van der Waals surface area contributed by atoms with Crippen LogP contribution in [0, 0.1) is 13.8 Å². The standard InChI is InChI=1S/C23H22N4O2.CH3NO/c1-14-19-13-29-20-7-4-3-6-18(20)22(19)15(2)25-23(14)26-16-10-17(12-24-11-16)27-9-5-8-21(27)28;2-1-3/h3-4,6-7,10-12H,5,8-9,13H2,1-2H3,(H,25,26);1H,(H2,2,3). The predicted molar refractivity (Wildman–Crippen MR) is 123 cm³/mol. The lowest BCUT2D eigenvalue weighted by Gasteiger charge is -2.25. The van der Waals surface area contributed by atoms with Crippen molar-refractivity contribution in [3.63, 3.8) is 0 Å². The van der Waals surface area contributed by atoms with Gasteiger partial charge in [0.05, 0.1) is 23.8 Å². The average molecular weight is 431 g/mol. The van der Waals surface area contributed by atoms with Gasteiger partial charge >= 0.3 is 0 Å². The minimum atomic E-state index is 0.152. The lowest BCUT2D eigenvalue weighted by Crippen LogP contribution is -2.23. The molecule has 2 aliphatic heterocycles. The first-order valence-corrected chi connectivity index (χ1v) is 10.4. The number of nitrogens with two attached hydrogens (primary N) is 1. The molecule has 4 heterocycles. The maximum atomic E-state index is 12.1. The van der Waals surface area contributed by atoms with Crippen LogP contribution in [0.25, 0.3) is 11.1 Å². The number of carbonyl (C=O) groups is 2. The Morgan fingerprint density at radius 1 is 1.22 bits per heavy atom. The summed E-state index contributed by atoms with van der Waals surface area (Å²) in [6.45, 7) is 5.36. The largest absolute Gasteiger partial charge is 0.488 e. The highest BCUT2D eigenvalue weighted by atomic mass is 16.5. The summed E-state index contributed by atoms with van der Waals surface area (Å²) in [5, 5.41) is 3.40. The number of nitrogens with zero attached hydrogens (tertiary/aromatic N) is 3. The topological polar surface area (TPSA) is 110 Å². The molecule has 32 heavy (non-hydrogen) atoms. The minimum absolute atomic E-state index is 0.152. The molecule has 3 N–H and O–H groups in total. The zero-order valence-electron chi connectivity index (χ0n) is 18.1. The van der Waals surface area contributed by atoms with E-state index in [9.17, 15) is 4.79 Å². The first-order valence-electron chi connectivity index (χ1n) is 10.4. The molecule has 1 aromatic carbocycles. The van der Waals surface area contributed by atoms with Gasteiger partial charge < -0.3 is 20.7 Å². The van der Waals surface area contributed by atoms with Crippen molar-refractivity contribution in [3.05, 3.63) is 59.5 Å². The number of nitrogens with one attached hydrogen (secondary N) is 1. The number of carbonyl (C=O) groups excluding carboxylic acids is 2. The number of amides is 2. The highest BCUT2D eigenvalue weighted by Crippen LogP contribution is 2.41. The van der Waals surface area contributed by atoms with Crippen molar-refractivity contribution in [1.82, 2.24) is 9.97 Å². The summed E-state index contributed by atoms with van der Waals surface area (Å²) < 4.78 is 5.98. The molecule has 0 atom stereocenters. The van der Waals surface area contributed by atoms with Gasteiger partial charge in [0, 0.05) is 35.3 Å². The van der Waals surface area contributed by atoms with Gasteiger partial charge in [0.15, 0.2) is 0 Å². The lowest BCUT2D eigenvalue weighted by atomic mass is 9.93. The van der Waals surface area contributed by atoms with E-state index >= 15 is 0 Å². The Morgan fingerprint density at radius 3 is 2.75 bits per heavy atom. The quantitative estimate of drug-likeness (QED) is 0.613. The fourth-order valence-corrected chi connectivity index (χ4v) is 4.17. The molecule has 0 saturated carbocycles. The summed E-state index contributed by atoms with van der Waals surface area (Å²) in [6, 6.07) is 10.0. The van der Waals surface area contributed by atoms with E-state index in [0.29, 0.717) is 13.0 Å². The highest BCUT2D eigenvalue weighted by molar-refractivity contribution is 5.95. The Labute approximate surface area is 186 Å². The Hall–Kier alpha value is -3.94. The third kappa shape index (κ3) is 3.99. The molecule has 2 amide bonds. The van der Waals surface area contributed by atoms with E-state index in [-0.39, 0.29) is 12.3 Å². The van der Waals surface area contributed by atoms with Gasteiger partial charge in [0.25, 0.3) is 0 Å². The monoisotopic (exact) mass is 431 g/mol. The van der Waals surface area contributed by atoms with E-state index in [1.807, 2.05) is 31.2 Å². The first kappa shape index (κ1) is 21.3. The molecule has 2 aliphatic rings. The summed E-state index contributed by atoms with van der Waals surface area (Å²) in [5.41, 5.74) is 11.2. The van der Waals surface area contributed by atoms with Crippen molar-refractivity contribution in [2.75, 3.05) is 16.8 Å². The van der Waals surface area contributed by atoms with Crippen LogP contribution in [0.5, 0.6) is 5.75 Å². The minimum Gasteiger partial charge on any atom is -0.488 e. The third-order valence-corrected chi connectivity index (χ3v) is 5.65. The SMILES string of the molecule is Cc1nc(Nc2cncc(N3CCCC3=O)c2)c(C)c2c1-c1ccccc1OC2.NC=O. The van der Waals surface area contributed by atoms with Crippen molar-refractivity contribution in [3.8, 4) is 16.9 Å². The van der Waals surface area contributed by atoms with Gasteiger partial charge in [-0.2, -0.15) is 0 Å². The lowest BCUT2D eigenvalue weighted by molar-refractivity contribution is -0.117. The number of fused-ring (bicyclic) bond motifs is 3. The number of rotatable bonds is 3. The van der Waals surface area contributed by atoms with Gasteiger partial charge in [-0.1, -0.05) is 18.2 Å². The molecule has 0 bridgehead atoms. The molecule has 0 radical (unpaired) electrons. The number of para-hydroxylation sites is 1. The normalized spacial score (nSPS) is 13.9. The second kappa shape index (κ2) is 9.05. The second-order valence-electron chi connectivity index (χ2n) is 7.65. The number of benzene rings is 1. The van der Waals surface area contributed by atoms with E-state index in [2.05, 4.69) is 29.0 Å². The Balaban J connectivity index is 0.000000775. The van der Waals surface area contributed by atoms with Crippen LogP contribution in [0.1, 0.15) is 29.7 Å². The van der Waals surface area contributed by atoms with Crippen LogP contribution in [0.3, 0.4) is 0 Å². The number of ether oxygens (including phenoxy) is 1. The summed E-state index contributed by atoms with van der Waals surface area (Å²) >= 11 is 0. The van der Waals surface area contributed by atoms with Crippen LogP contribution in [-0.2, 0) is 16.2 Å². The van der Waals surface area contributed by atoms with Gasteiger partial charge in [-0.15, -0.1) is 0 Å². The summed E-state index contributed by atoms with van der Waals surface area (Å²) in [6.07, 6.45) is 5.23. The maximum Gasteiger partial charge on any atom is 0.227 e. The average Bonchev–Trinajstić information content (AvgIpc) is 3.23. The number of aromatic nitrogens is 2. The van der Waals surface area contributed by atoms with E-state index in [0.717, 1.165) is 63.9 Å². The highest BCUT2D eigenvalue weighted by Gasteiger charge is 2.24. The molecule has 164 valence electrons. The summed E-state index contributed by atoms with van der Waals surface area (Å²) in [7, 11) is 0. The molecule has 1 fully saturated rings. The Morgan fingerprint density at radius 2 is 2.00 bits per heavy atom. The van der Waals surface area contributed by atoms with Crippen molar-refractivity contribution in [2.45, 2.75) is 33.3 Å². The molecule has 2 aromatic heterocycles. The van der Waals surface area contributed by atoms with Gasteiger partial charge in [-0.05, 0) is 38.0 Å². The molecule has 0 spiro atoms. The van der Waals surface area contributed by atoms with Crippen LogP contribution in [0.4, 0.5) is 17.2 Å². The number of pyridine rings is 2. The molecule has 8 nitrogen and oxygen atoms in total. The molecule has 1 saturated heterocycles. The van der Waals surface area contributed by atoms with Crippen molar-refractivity contribution < 1.29 is 14.3 Å². The summed E-state index contributed by atoms with van der Waals surface area (Å²) in [5.74, 6) is 1.84. The van der Waals surface area contributed by atoms with Crippen LogP contribution < -0.4 is 20.7 Å². The van der Waals surface area contributed by atoms with E-state index in [4.69, 9.17) is 14.5 Å². The van der Waals surface area contributed by atoms with E-state index < -0.39 is 0 Å². The van der Waals surface area contributed by atoms with Crippen LogP contribution in [0.2, 0.25) is 0 Å². The zero-order chi connectivity index (χ0) is 22.7. The fraction of sp³-hybridized carbons (Fsp3) is 0.250. The predicted octanol–water partition coefficient (Wildman–Crippen LogP) is 3.62. The zero-order valence-corrected chi connectivity index (χ0v) is 18.1. The molecule has 3 aromatic rings. The van der Waals surface area contributed by atoms with Crippen LogP contribution in [-0.4, -0.2) is 28.8 Å². The molecule has 5 rings (SSSR count). The smallest absolute Gasteiger partial charge is 0.227 e. The first-order chi connectivity index (χ1) is 15.5. The summed E-state index contributed by atoms with van der Waals surface area (Å²) in [4.78, 5) is 31.6. The fourth-order valence-electron chi connectivity index (χ4n) is 4.17. The number of aryl methyl sites for hydroxylation is 1. The Bertz CT molecular complexity index is 1180. The Kier molecular flexibility index (Phi) is 6.02. The number of hydrogen-bond acceptors (Lipinski definition) is 6. The molecule has 8 heteroatoms. The van der Waals surface area contributed by atoms with Crippen LogP contribution in [0.15, 0.2) is 42.7 Å². The maximum absolute atomic E-state index is 12.1. The van der Waals surface area contributed by atoms with E-state index in [1.54, 1.807) is 17.3 Å². The molecule has 0 unspecified atom stereocenters. The molecule has 0 aliphatic carbocycles. The van der Waals surface area contributed by atoms with Gasteiger partial charge in [-0.25, -0.2) is 4.98 Å². The van der Waals surface area contributed by atoms with Crippen molar-refractivity contribution in [2.24, 2.45) is 5.73 Å². The molecular weight excluding hydrogens is 406 g/mol. The van der Waals surface area contributed by atoms with Gasteiger partial charge in [0.1, 0.15) is 18.2 Å². The van der Waals surface area contributed by atoms with Gasteiger partial charge in [-0.3, -0.25) is 14.6 Å². The van der Waals surface area contributed by atoms with Crippen LogP contribution >= 0.6 is 0 Å². The second-order valence-corrected chi connectivity index (χ2v) is 7.65. The number of hydrogen-bond donors (Lipinski definition) is 2. The van der Waals surface area contributed by atoms with Gasteiger partial charge in [0.2, 0.25) is 12.3 Å². The van der Waals surface area contributed by atoms with Crippen molar-refractivity contribution >= 4 is 29.5 Å². The third-order valence-electron chi connectivity index (χ3n) is 5.65.